The van der Waals surface area contributed by atoms with E-state index in [4.69, 9.17) is 13.3 Å². The van der Waals surface area contributed by atoms with Crippen molar-refractivity contribution in [2.24, 2.45) is 0 Å². The zero-order valence-corrected chi connectivity index (χ0v) is 32.0. The third-order valence-electron chi connectivity index (χ3n) is 7.89. The van der Waals surface area contributed by atoms with E-state index in [-0.39, 0.29) is 5.58 Å². The lowest BCUT2D eigenvalue weighted by Crippen LogP contribution is -2.36. The number of thiazole rings is 3. The van der Waals surface area contributed by atoms with Crippen molar-refractivity contribution in [2.75, 3.05) is 19.0 Å². The van der Waals surface area contributed by atoms with Gasteiger partial charge in [0.2, 0.25) is 5.76 Å². The van der Waals surface area contributed by atoms with E-state index in [0.717, 1.165) is 64.6 Å². The predicted molar refractivity (Wildman–Crippen MR) is 205 cm³/mol. The molecule has 0 fully saturated rings. The van der Waals surface area contributed by atoms with Gasteiger partial charge in [-0.05, 0) is 75.4 Å². The second-order valence-electron chi connectivity index (χ2n) is 13.2. The van der Waals surface area contributed by atoms with Crippen molar-refractivity contribution in [3.8, 4) is 0 Å². The Kier molecular flexibility index (Phi) is 8.56. The smallest absolute Gasteiger partial charge is 0.449 e. The highest BCUT2D eigenvalue weighted by atomic mass is 32.1. The number of alkyl halides is 3. The molecule has 258 valence electrons. The van der Waals surface area contributed by atoms with Crippen LogP contribution in [0, 0.1) is 20.8 Å². The molecule has 50 heavy (non-hydrogen) atoms. The number of aryl methyl sites for hydroxylation is 3. The van der Waals surface area contributed by atoms with E-state index in [1.807, 2.05) is 38.9 Å². The minimum atomic E-state index is -4.46. The van der Waals surface area contributed by atoms with Gasteiger partial charge in [-0.2, -0.15) is 13.2 Å². The van der Waals surface area contributed by atoms with Crippen molar-refractivity contribution in [1.29, 1.82) is 0 Å². The van der Waals surface area contributed by atoms with Gasteiger partial charge in [0.05, 0.1) is 46.0 Å². The van der Waals surface area contributed by atoms with E-state index in [1.165, 1.54) is 26.1 Å². The second-order valence-corrected chi connectivity index (χ2v) is 21.6. The topological polar surface area (TPSA) is 81.3 Å². The maximum atomic E-state index is 12.5. The Bertz CT molecular complexity index is 2550. The maximum Gasteiger partial charge on any atom is 0.449 e. The number of hydrogen-bond donors (Lipinski definition) is 0. The number of halogens is 3. The Morgan fingerprint density at radius 2 is 1.10 bits per heavy atom. The summed E-state index contributed by atoms with van der Waals surface area (Å²) in [7, 11) is 2.63. The van der Waals surface area contributed by atoms with E-state index in [1.54, 1.807) is 34.8 Å². The molecule has 0 unspecified atom stereocenters. The first-order valence-corrected chi connectivity index (χ1v) is 21.6. The van der Waals surface area contributed by atoms with Crippen LogP contribution in [0.15, 0.2) is 67.8 Å². The fraction of sp³-hybridized carbons (Fsp3) is 0.250. The van der Waals surface area contributed by atoms with Crippen LogP contribution >= 0.6 is 34.0 Å². The van der Waals surface area contributed by atoms with Crippen LogP contribution in [0.1, 0.15) is 21.5 Å². The third kappa shape index (κ3) is 6.52. The molecular weight excluding hydrogens is 718 g/mol. The molecule has 0 radical (unpaired) electrons. The molecule has 0 N–H and O–H groups in total. The largest absolute Gasteiger partial charge is 0.466 e. The van der Waals surface area contributed by atoms with Gasteiger partial charge in [-0.25, -0.2) is 15.0 Å². The fourth-order valence-corrected chi connectivity index (χ4v) is 9.13. The summed E-state index contributed by atoms with van der Waals surface area (Å²) in [4.78, 5) is 15.5. The van der Waals surface area contributed by atoms with Crippen LogP contribution in [0.25, 0.3) is 63.6 Å². The quantitative estimate of drug-likeness (QED) is 0.163. The Hall–Kier alpha value is -4.24. The Labute approximate surface area is 298 Å². The van der Waals surface area contributed by atoms with E-state index in [2.05, 4.69) is 71.8 Å². The lowest BCUT2D eigenvalue weighted by molar-refractivity contribution is -0.152. The standard InChI is InChI=1S/C13H15NOSSi.C12H12N2OS.C11H6F3NOS/c1-8-14-13-9-7-12(17(2,3)4)15-10(9)5-6-11(13)16-8;1-7-6-8-9(15-7)4-5-10-11(8)13-12(16-10)14(2)3;1-5-15-10-6-4-9(11(12,13)14)16-7(6)2-3-8(10)17-5/h5-7H,1-4H3;4-6H,1-3H3;2-4H,1H3. The minimum Gasteiger partial charge on any atom is -0.466 e. The summed E-state index contributed by atoms with van der Waals surface area (Å²) in [6, 6.07) is 16.8. The van der Waals surface area contributed by atoms with Crippen LogP contribution in [0.3, 0.4) is 0 Å². The minimum absolute atomic E-state index is 0.218. The molecule has 0 bridgehead atoms. The molecule has 0 aliphatic heterocycles. The Morgan fingerprint density at radius 3 is 1.64 bits per heavy atom. The fourth-order valence-electron chi connectivity index (χ4n) is 5.55. The number of fused-ring (bicyclic) bond motifs is 9. The lowest BCUT2D eigenvalue weighted by atomic mass is 10.2. The highest BCUT2D eigenvalue weighted by Gasteiger charge is 2.35. The van der Waals surface area contributed by atoms with Crippen molar-refractivity contribution >= 4 is 116 Å². The van der Waals surface area contributed by atoms with Gasteiger partial charge in [0.15, 0.2) is 5.13 Å². The molecule has 7 nitrogen and oxygen atoms in total. The van der Waals surface area contributed by atoms with Crippen molar-refractivity contribution in [1.82, 2.24) is 15.0 Å². The number of rotatable bonds is 2. The Balaban J connectivity index is 0.000000118. The number of aromatic nitrogens is 3. The van der Waals surface area contributed by atoms with Crippen molar-refractivity contribution in [3.05, 3.63) is 76.1 Å². The molecule has 0 saturated carbocycles. The molecule has 6 heterocycles. The summed E-state index contributed by atoms with van der Waals surface area (Å²) in [5, 5.41) is 6.82. The van der Waals surface area contributed by atoms with Gasteiger partial charge >= 0.3 is 6.18 Å². The molecule has 0 aliphatic carbocycles. The highest BCUT2D eigenvalue weighted by Crippen LogP contribution is 2.38. The first-order chi connectivity index (χ1) is 23.5. The molecular formula is C36H33F3N4O3S3Si. The van der Waals surface area contributed by atoms with Crippen LogP contribution < -0.4 is 10.3 Å². The van der Waals surface area contributed by atoms with Gasteiger partial charge in [0.1, 0.15) is 30.6 Å². The molecule has 14 heteroatoms. The molecule has 0 atom stereocenters. The summed E-state index contributed by atoms with van der Waals surface area (Å²) in [5.41, 5.74) is 4.82. The van der Waals surface area contributed by atoms with Gasteiger partial charge in [-0.15, -0.1) is 22.7 Å². The van der Waals surface area contributed by atoms with Crippen LogP contribution in [0.4, 0.5) is 18.3 Å². The monoisotopic (exact) mass is 750 g/mol. The second kappa shape index (κ2) is 12.5. The number of nitrogens with zero attached hydrogens (tertiary/aromatic N) is 4. The molecule has 3 aromatic carbocycles. The van der Waals surface area contributed by atoms with Gasteiger partial charge in [0, 0.05) is 30.3 Å². The van der Waals surface area contributed by atoms with Crippen LogP contribution in [0.2, 0.25) is 19.6 Å². The van der Waals surface area contributed by atoms with Crippen LogP contribution in [-0.4, -0.2) is 37.1 Å². The summed E-state index contributed by atoms with van der Waals surface area (Å²) >= 11 is 4.89. The van der Waals surface area contributed by atoms with Crippen molar-refractivity contribution in [2.45, 2.75) is 46.6 Å². The summed E-state index contributed by atoms with van der Waals surface area (Å²) < 4.78 is 57.2. The molecule has 0 amide bonds. The predicted octanol–water partition coefficient (Wildman–Crippen LogP) is 11.7. The summed E-state index contributed by atoms with van der Waals surface area (Å²) in [5.74, 6) is -0.0486. The van der Waals surface area contributed by atoms with Gasteiger partial charge in [0.25, 0.3) is 0 Å². The van der Waals surface area contributed by atoms with Gasteiger partial charge < -0.3 is 18.2 Å². The molecule has 9 aromatic rings. The molecule has 0 aliphatic rings. The van der Waals surface area contributed by atoms with Crippen LogP contribution in [0.5, 0.6) is 0 Å². The first kappa shape index (κ1) is 34.2. The Morgan fingerprint density at radius 1 is 0.620 bits per heavy atom. The molecule has 6 aromatic heterocycles. The normalized spacial score (nSPS) is 12.3. The highest BCUT2D eigenvalue weighted by molar-refractivity contribution is 7.22. The van der Waals surface area contributed by atoms with Gasteiger partial charge in [-0.1, -0.05) is 31.0 Å². The van der Waals surface area contributed by atoms with Crippen molar-refractivity contribution < 1.29 is 26.4 Å². The summed E-state index contributed by atoms with van der Waals surface area (Å²) in [6.07, 6.45) is -4.46. The van der Waals surface area contributed by atoms with E-state index in [9.17, 15) is 13.2 Å². The molecule has 0 spiro atoms. The average Bonchev–Trinajstić information content (AvgIpc) is 3.85. The first-order valence-electron chi connectivity index (χ1n) is 15.7. The third-order valence-corrected chi connectivity index (χ3v) is 12.7. The zero-order valence-electron chi connectivity index (χ0n) is 28.6. The zero-order chi connectivity index (χ0) is 35.7. The SMILES string of the molecule is Cc1cc2c(ccc3sc(N(C)C)nc32)o1.Cc1nc2c(ccc3oc(C(F)(F)F)cc32)s1.Cc1nc2c(ccc3oc([Si](C)(C)C)cc32)s1. The van der Waals surface area contributed by atoms with Gasteiger partial charge in [-0.3, -0.25) is 0 Å². The number of benzene rings is 3. The maximum absolute atomic E-state index is 12.5. The lowest BCUT2D eigenvalue weighted by Gasteiger charge is -2.10. The van der Waals surface area contributed by atoms with Crippen LogP contribution in [-0.2, 0) is 6.18 Å². The number of hydrogen-bond acceptors (Lipinski definition) is 10. The summed E-state index contributed by atoms with van der Waals surface area (Å²) in [6.45, 7) is 12.7. The number of furan rings is 3. The van der Waals surface area contributed by atoms with E-state index >= 15 is 0 Å². The number of anilines is 1. The molecule has 9 rings (SSSR count). The van der Waals surface area contributed by atoms with E-state index < -0.39 is 20.0 Å². The van der Waals surface area contributed by atoms with E-state index in [0.29, 0.717) is 10.9 Å². The molecule has 0 saturated heterocycles. The van der Waals surface area contributed by atoms with Crippen molar-refractivity contribution in [3.63, 3.8) is 0 Å². The average molecular weight is 751 g/mol.